The third kappa shape index (κ3) is 4.64. The molecule has 3 nitrogen and oxygen atoms in total. The summed E-state index contributed by atoms with van der Waals surface area (Å²) in [6.07, 6.45) is 0. The van der Waals surface area contributed by atoms with Crippen molar-refractivity contribution in [2.24, 2.45) is 0 Å². The Morgan fingerprint density at radius 2 is 0.981 bits per heavy atom. The van der Waals surface area contributed by atoms with Crippen molar-refractivity contribution in [3.8, 4) is 45.3 Å². The first-order valence-corrected chi connectivity index (χ1v) is 19.1. The molecule has 0 fully saturated rings. The first kappa shape index (κ1) is 30.8. The van der Waals surface area contributed by atoms with Gasteiger partial charge in [0.05, 0.1) is 5.41 Å². The van der Waals surface area contributed by atoms with Crippen molar-refractivity contribution in [1.82, 2.24) is 15.0 Å². The van der Waals surface area contributed by atoms with Crippen molar-refractivity contribution >= 4 is 42.3 Å². The van der Waals surface area contributed by atoms with Gasteiger partial charge in [-0.05, 0) is 68.4 Å². The van der Waals surface area contributed by atoms with E-state index in [1.807, 2.05) is 29.5 Å². The van der Waals surface area contributed by atoms with E-state index in [0.29, 0.717) is 17.5 Å². The summed E-state index contributed by atoms with van der Waals surface area (Å²) in [6, 6.07) is 67.5. The second kappa shape index (κ2) is 12.2. The van der Waals surface area contributed by atoms with Gasteiger partial charge in [-0.25, -0.2) is 15.0 Å². The summed E-state index contributed by atoms with van der Waals surface area (Å²) in [4.78, 5) is 15.5. The van der Waals surface area contributed by atoms with Crippen LogP contribution in [-0.4, -0.2) is 15.0 Å². The van der Waals surface area contributed by atoms with Crippen LogP contribution in [0.2, 0.25) is 0 Å². The quantitative estimate of drug-likeness (QED) is 0.179. The maximum absolute atomic E-state index is 5.25. The Morgan fingerprint density at radius 3 is 1.74 bits per heavy atom. The maximum atomic E-state index is 5.25. The minimum Gasteiger partial charge on any atom is -0.208 e. The molecule has 8 aromatic carbocycles. The Bertz CT molecular complexity index is 3010. The SMILES string of the molecule is c1ccc(-c2nc(-c3ccc4ccccc4c3)nc(-c3cccc4sc5ccc(C6(c7ccccc7)c7ccccc7-c7ccccc76)cc5c34)n2)cc1. The topological polar surface area (TPSA) is 38.7 Å². The van der Waals surface area contributed by atoms with Crippen LogP contribution in [0, 0.1) is 0 Å². The predicted molar refractivity (Wildman–Crippen MR) is 224 cm³/mol. The van der Waals surface area contributed by atoms with Crippen molar-refractivity contribution in [2.75, 3.05) is 0 Å². The molecule has 252 valence electrons. The number of nitrogens with zero attached hydrogens (tertiary/aromatic N) is 3. The normalized spacial score (nSPS) is 13.0. The van der Waals surface area contributed by atoms with Crippen LogP contribution < -0.4 is 0 Å². The fourth-order valence-corrected chi connectivity index (χ4v) is 9.74. The molecule has 0 bridgehead atoms. The summed E-state index contributed by atoms with van der Waals surface area (Å²) >= 11 is 1.82. The van der Waals surface area contributed by atoms with E-state index >= 15 is 0 Å². The fourth-order valence-electron chi connectivity index (χ4n) is 8.63. The van der Waals surface area contributed by atoms with Crippen molar-refractivity contribution in [3.63, 3.8) is 0 Å². The largest absolute Gasteiger partial charge is 0.208 e. The maximum Gasteiger partial charge on any atom is 0.164 e. The molecule has 54 heavy (non-hydrogen) atoms. The predicted octanol–water partition coefficient (Wildman–Crippen LogP) is 12.8. The Labute approximate surface area is 316 Å². The van der Waals surface area contributed by atoms with Crippen molar-refractivity contribution in [3.05, 3.63) is 210 Å². The molecular formula is C50H31N3S. The number of fused-ring (bicyclic) bond motifs is 7. The fraction of sp³-hybridized carbons (Fsp3) is 0.0200. The molecular weight excluding hydrogens is 675 g/mol. The highest BCUT2D eigenvalue weighted by molar-refractivity contribution is 7.25. The Kier molecular flexibility index (Phi) is 6.94. The number of aromatic nitrogens is 3. The number of hydrogen-bond acceptors (Lipinski definition) is 4. The Balaban J connectivity index is 1.18. The van der Waals surface area contributed by atoms with E-state index in [1.165, 1.54) is 53.6 Å². The van der Waals surface area contributed by atoms with Gasteiger partial charge in [-0.3, -0.25) is 0 Å². The summed E-state index contributed by atoms with van der Waals surface area (Å²) < 4.78 is 2.44. The molecule has 11 rings (SSSR count). The zero-order valence-corrected chi connectivity index (χ0v) is 30.0. The highest BCUT2D eigenvalue weighted by atomic mass is 32.1. The summed E-state index contributed by atoms with van der Waals surface area (Å²) in [6.45, 7) is 0. The van der Waals surface area contributed by atoms with Gasteiger partial charge < -0.3 is 0 Å². The van der Waals surface area contributed by atoms with Crippen LogP contribution in [0.15, 0.2) is 188 Å². The van der Waals surface area contributed by atoms with E-state index in [0.717, 1.165) is 27.5 Å². The summed E-state index contributed by atoms with van der Waals surface area (Å²) in [7, 11) is 0. The van der Waals surface area contributed by atoms with Gasteiger partial charge >= 0.3 is 0 Å². The molecule has 0 unspecified atom stereocenters. The molecule has 1 aliphatic carbocycles. The lowest BCUT2D eigenvalue weighted by Crippen LogP contribution is -2.28. The molecule has 0 radical (unpaired) electrons. The van der Waals surface area contributed by atoms with Crippen LogP contribution in [-0.2, 0) is 5.41 Å². The van der Waals surface area contributed by atoms with Gasteiger partial charge in [0.25, 0.3) is 0 Å². The third-order valence-electron chi connectivity index (χ3n) is 11.0. The number of rotatable bonds is 5. The Morgan fingerprint density at radius 1 is 0.370 bits per heavy atom. The molecule has 0 spiro atoms. The van der Waals surface area contributed by atoms with Crippen LogP contribution in [0.1, 0.15) is 22.3 Å². The van der Waals surface area contributed by atoms with Crippen LogP contribution in [0.4, 0.5) is 0 Å². The monoisotopic (exact) mass is 705 g/mol. The Hall–Kier alpha value is -6.75. The lowest BCUT2D eigenvalue weighted by molar-refractivity contribution is 0.770. The highest BCUT2D eigenvalue weighted by Crippen LogP contribution is 2.56. The molecule has 2 aromatic heterocycles. The highest BCUT2D eigenvalue weighted by Gasteiger charge is 2.46. The van der Waals surface area contributed by atoms with Crippen LogP contribution >= 0.6 is 11.3 Å². The first-order valence-electron chi connectivity index (χ1n) is 18.3. The van der Waals surface area contributed by atoms with Gasteiger partial charge in [0.1, 0.15) is 0 Å². The van der Waals surface area contributed by atoms with Crippen molar-refractivity contribution in [2.45, 2.75) is 5.41 Å². The number of benzene rings is 8. The van der Waals surface area contributed by atoms with E-state index in [1.54, 1.807) is 0 Å². The van der Waals surface area contributed by atoms with Gasteiger partial charge in [-0.15, -0.1) is 11.3 Å². The minimum atomic E-state index is -0.483. The second-order valence-corrected chi connectivity index (χ2v) is 15.0. The van der Waals surface area contributed by atoms with Gasteiger partial charge in [0.2, 0.25) is 0 Å². The zero-order chi connectivity index (χ0) is 35.6. The average Bonchev–Trinajstić information content (AvgIpc) is 3.78. The van der Waals surface area contributed by atoms with Gasteiger partial charge in [0, 0.05) is 36.9 Å². The molecule has 4 heteroatoms. The van der Waals surface area contributed by atoms with E-state index < -0.39 is 5.41 Å². The van der Waals surface area contributed by atoms with Crippen molar-refractivity contribution in [1.29, 1.82) is 0 Å². The molecule has 0 atom stereocenters. The zero-order valence-electron chi connectivity index (χ0n) is 29.1. The van der Waals surface area contributed by atoms with Crippen molar-refractivity contribution < 1.29 is 0 Å². The average molecular weight is 706 g/mol. The molecule has 2 heterocycles. The van der Waals surface area contributed by atoms with Crippen LogP contribution in [0.25, 0.3) is 76.2 Å². The first-order chi connectivity index (χ1) is 26.8. The molecule has 0 saturated carbocycles. The third-order valence-corrected chi connectivity index (χ3v) is 12.1. The van der Waals surface area contributed by atoms with E-state index in [2.05, 4.69) is 170 Å². The van der Waals surface area contributed by atoms with E-state index in [-0.39, 0.29) is 0 Å². The summed E-state index contributed by atoms with van der Waals surface area (Å²) in [5.74, 6) is 1.98. The summed E-state index contributed by atoms with van der Waals surface area (Å²) in [5.41, 5.74) is 10.1. The lowest BCUT2D eigenvalue weighted by Gasteiger charge is -2.34. The standard InChI is InChI=1S/C50H31N3S/c1-3-15-33(16-4-1)47-51-48(35-27-26-32-14-7-8-17-34(32)30-35)53-49(52-47)40-22-13-25-45-46(40)41-31-37(28-29-44(41)54-45)50(36-18-5-2-6-19-36)42-23-11-9-20-38(42)39-21-10-12-24-43(39)50/h1-31H. The van der Waals surface area contributed by atoms with Gasteiger partial charge in [-0.1, -0.05) is 164 Å². The van der Waals surface area contributed by atoms with E-state index in [4.69, 9.17) is 15.0 Å². The van der Waals surface area contributed by atoms with E-state index in [9.17, 15) is 0 Å². The molecule has 0 saturated heterocycles. The second-order valence-electron chi connectivity index (χ2n) is 13.9. The number of hydrogen-bond donors (Lipinski definition) is 0. The molecule has 0 aliphatic heterocycles. The number of thiophene rings is 1. The molecule has 10 aromatic rings. The van der Waals surface area contributed by atoms with Gasteiger partial charge in [0.15, 0.2) is 17.5 Å². The van der Waals surface area contributed by atoms with Gasteiger partial charge in [-0.2, -0.15) is 0 Å². The molecule has 0 N–H and O–H groups in total. The van der Waals surface area contributed by atoms with Crippen LogP contribution in [0.3, 0.4) is 0 Å². The molecule has 1 aliphatic rings. The molecule has 0 amide bonds. The lowest BCUT2D eigenvalue weighted by atomic mass is 9.67. The minimum absolute atomic E-state index is 0.483. The smallest absolute Gasteiger partial charge is 0.164 e. The van der Waals surface area contributed by atoms with Crippen LogP contribution in [0.5, 0.6) is 0 Å². The summed E-state index contributed by atoms with van der Waals surface area (Å²) in [5, 5.41) is 4.70.